The summed E-state index contributed by atoms with van der Waals surface area (Å²) in [7, 11) is 0. The molecule has 1 heterocycles. The molecule has 1 atom stereocenters. The lowest BCUT2D eigenvalue weighted by atomic mass is 10.1. The van der Waals surface area contributed by atoms with E-state index in [1.807, 2.05) is 0 Å². The number of carbonyl (C=O) groups is 1. The van der Waals surface area contributed by atoms with Gasteiger partial charge in [0.15, 0.2) is 0 Å². The molecule has 18 heavy (non-hydrogen) atoms. The van der Waals surface area contributed by atoms with E-state index in [0.29, 0.717) is 6.54 Å². The Morgan fingerprint density at radius 3 is 2.72 bits per heavy atom. The number of benzene rings is 1. The van der Waals surface area contributed by atoms with Gasteiger partial charge in [-0.2, -0.15) is 0 Å². The van der Waals surface area contributed by atoms with Crippen LogP contribution in [-0.4, -0.2) is 25.0 Å². The van der Waals surface area contributed by atoms with E-state index in [0.717, 1.165) is 31.5 Å². The number of halogens is 2. The van der Waals surface area contributed by atoms with Gasteiger partial charge >= 0.3 is 0 Å². The van der Waals surface area contributed by atoms with E-state index in [-0.39, 0.29) is 23.9 Å². The number of carbonyl (C=O) groups excluding carboxylic acids is 1. The van der Waals surface area contributed by atoms with Crippen LogP contribution in [0.3, 0.4) is 0 Å². The van der Waals surface area contributed by atoms with Gasteiger partial charge in [0.05, 0.1) is 6.42 Å². The van der Waals surface area contributed by atoms with Crippen molar-refractivity contribution in [1.82, 2.24) is 10.6 Å². The van der Waals surface area contributed by atoms with Crippen LogP contribution in [0.25, 0.3) is 0 Å². The predicted molar refractivity (Wildman–Crippen MR) is 64.1 cm³/mol. The van der Waals surface area contributed by atoms with Crippen LogP contribution < -0.4 is 10.6 Å². The number of piperidine rings is 1. The van der Waals surface area contributed by atoms with Crippen LogP contribution in [0.15, 0.2) is 18.2 Å². The zero-order valence-corrected chi connectivity index (χ0v) is 10.0. The van der Waals surface area contributed by atoms with E-state index in [4.69, 9.17) is 0 Å². The van der Waals surface area contributed by atoms with Gasteiger partial charge in [0.1, 0.15) is 11.6 Å². The van der Waals surface area contributed by atoms with Gasteiger partial charge < -0.3 is 10.6 Å². The summed E-state index contributed by atoms with van der Waals surface area (Å²) in [6.45, 7) is 1.67. The molecule has 98 valence electrons. The smallest absolute Gasteiger partial charge is 0.224 e. The summed E-state index contributed by atoms with van der Waals surface area (Å²) in [5.41, 5.74) is -0.168. The lowest BCUT2D eigenvalue weighted by molar-refractivity contribution is -0.121. The summed E-state index contributed by atoms with van der Waals surface area (Å²) in [4.78, 5) is 11.7. The molecule has 0 spiro atoms. The van der Waals surface area contributed by atoms with E-state index in [1.165, 1.54) is 6.07 Å². The predicted octanol–water partition coefficient (Wildman–Crippen LogP) is 1.38. The van der Waals surface area contributed by atoms with E-state index in [1.54, 1.807) is 0 Å². The summed E-state index contributed by atoms with van der Waals surface area (Å²) < 4.78 is 26.7. The summed E-state index contributed by atoms with van der Waals surface area (Å²) in [6.07, 6.45) is 1.65. The largest absolute Gasteiger partial charge is 0.352 e. The Bertz CT molecular complexity index is 411. The Labute approximate surface area is 105 Å². The molecule has 1 fully saturated rings. The van der Waals surface area contributed by atoms with Crippen LogP contribution in [0, 0.1) is 11.6 Å². The maximum absolute atomic E-state index is 13.4. The minimum atomic E-state index is -0.674. The molecule has 2 rings (SSSR count). The molecule has 0 radical (unpaired) electrons. The first kappa shape index (κ1) is 13.0. The summed E-state index contributed by atoms with van der Waals surface area (Å²) in [6, 6.07) is 3.67. The van der Waals surface area contributed by atoms with E-state index >= 15 is 0 Å². The second kappa shape index (κ2) is 5.91. The van der Waals surface area contributed by atoms with Crippen molar-refractivity contribution >= 4 is 5.91 Å². The fourth-order valence-corrected chi connectivity index (χ4v) is 2.12. The summed E-state index contributed by atoms with van der Waals surface area (Å²) in [5, 5.41) is 5.95. The molecule has 2 N–H and O–H groups in total. The lowest BCUT2D eigenvalue weighted by Crippen LogP contribution is -2.46. The van der Waals surface area contributed by atoms with Gasteiger partial charge in [-0.1, -0.05) is 6.07 Å². The molecular formula is C13H16F2N2O. The Kier molecular flexibility index (Phi) is 4.25. The first-order valence-corrected chi connectivity index (χ1v) is 6.10. The molecule has 1 aromatic rings. The minimum Gasteiger partial charge on any atom is -0.352 e. The Hall–Kier alpha value is -1.49. The first-order chi connectivity index (χ1) is 8.66. The zero-order valence-electron chi connectivity index (χ0n) is 10.0. The molecule has 5 heteroatoms. The van der Waals surface area contributed by atoms with Crippen molar-refractivity contribution in [3.8, 4) is 0 Å². The summed E-state index contributed by atoms with van der Waals surface area (Å²) >= 11 is 0. The number of hydrogen-bond acceptors (Lipinski definition) is 2. The Morgan fingerprint density at radius 2 is 2.11 bits per heavy atom. The third-order valence-electron chi connectivity index (χ3n) is 3.06. The van der Waals surface area contributed by atoms with Gasteiger partial charge in [-0.3, -0.25) is 4.79 Å². The van der Waals surface area contributed by atoms with Crippen LogP contribution in [-0.2, 0) is 11.2 Å². The van der Waals surface area contributed by atoms with Gasteiger partial charge in [0, 0.05) is 18.2 Å². The topological polar surface area (TPSA) is 41.1 Å². The molecule has 0 unspecified atom stereocenters. The van der Waals surface area contributed by atoms with Gasteiger partial charge in [-0.25, -0.2) is 8.78 Å². The highest BCUT2D eigenvalue weighted by Crippen LogP contribution is 2.13. The molecule has 0 aliphatic carbocycles. The second-order valence-electron chi connectivity index (χ2n) is 4.49. The molecule has 1 amide bonds. The quantitative estimate of drug-likeness (QED) is 0.855. The van der Waals surface area contributed by atoms with Crippen molar-refractivity contribution in [2.45, 2.75) is 25.3 Å². The van der Waals surface area contributed by atoms with Gasteiger partial charge in [0.25, 0.3) is 0 Å². The molecule has 3 nitrogen and oxygen atoms in total. The maximum Gasteiger partial charge on any atom is 0.224 e. The number of amides is 1. The lowest BCUT2D eigenvalue weighted by Gasteiger charge is -2.23. The van der Waals surface area contributed by atoms with Crippen LogP contribution in [0.2, 0.25) is 0 Å². The van der Waals surface area contributed by atoms with Crippen molar-refractivity contribution in [1.29, 1.82) is 0 Å². The van der Waals surface area contributed by atoms with E-state index in [9.17, 15) is 13.6 Å². The monoisotopic (exact) mass is 254 g/mol. The third kappa shape index (κ3) is 3.26. The highest BCUT2D eigenvalue weighted by molar-refractivity contribution is 5.79. The molecule has 1 aliphatic heterocycles. The maximum atomic E-state index is 13.4. The molecule has 0 saturated carbocycles. The van der Waals surface area contributed by atoms with Gasteiger partial charge in [-0.15, -0.1) is 0 Å². The normalized spacial score (nSPS) is 19.6. The molecular weight excluding hydrogens is 238 g/mol. The highest BCUT2D eigenvalue weighted by atomic mass is 19.1. The fraction of sp³-hybridized carbons (Fsp3) is 0.462. The minimum absolute atomic E-state index is 0.0566. The average Bonchev–Trinajstić information content (AvgIpc) is 2.35. The molecule has 1 aliphatic rings. The van der Waals surface area contributed by atoms with Crippen LogP contribution in [0.1, 0.15) is 18.4 Å². The van der Waals surface area contributed by atoms with Gasteiger partial charge in [-0.05, 0) is 31.5 Å². The van der Waals surface area contributed by atoms with E-state index in [2.05, 4.69) is 10.6 Å². The fourth-order valence-electron chi connectivity index (χ4n) is 2.12. The Balaban J connectivity index is 1.94. The average molecular weight is 254 g/mol. The Morgan fingerprint density at radius 1 is 1.39 bits per heavy atom. The molecule has 1 saturated heterocycles. The van der Waals surface area contributed by atoms with Crippen molar-refractivity contribution < 1.29 is 13.6 Å². The van der Waals surface area contributed by atoms with Crippen molar-refractivity contribution in [2.24, 2.45) is 0 Å². The van der Waals surface area contributed by atoms with Crippen LogP contribution >= 0.6 is 0 Å². The molecule has 0 bridgehead atoms. The van der Waals surface area contributed by atoms with Crippen molar-refractivity contribution in [2.75, 3.05) is 13.1 Å². The van der Waals surface area contributed by atoms with E-state index < -0.39 is 11.6 Å². The highest BCUT2D eigenvalue weighted by Gasteiger charge is 2.18. The van der Waals surface area contributed by atoms with Crippen LogP contribution in [0.5, 0.6) is 0 Å². The van der Waals surface area contributed by atoms with Crippen molar-refractivity contribution in [3.63, 3.8) is 0 Å². The van der Waals surface area contributed by atoms with Crippen molar-refractivity contribution in [3.05, 3.63) is 35.4 Å². The second-order valence-corrected chi connectivity index (χ2v) is 4.49. The zero-order chi connectivity index (χ0) is 13.0. The summed E-state index contributed by atoms with van der Waals surface area (Å²) in [5.74, 6) is -1.69. The number of hydrogen-bond donors (Lipinski definition) is 2. The number of rotatable bonds is 3. The first-order valence-electron chi connectivity index (χ1n) is 6.10. The molecule has 0 aromatic heterocycles. The third-order valence-corrected chi connectivity index (χ3v) is 3.06. The van der Waals surface area contributed by atoms with Crippen LogP contribution in [0.4, 0.5) is 8.78 Å². The van der Waals surface area contributed by atoms with Gasteiger partial charge in [0.2, 0.25) is 5.91 Å². The molecule has 1 aromatic carbocycles. The SMILES string of the molecule is O=C(Cc1c(F)cccc1F)N[C@@H]1CCCNC1. The number of nitrogens with one attached hydrogen (secondary N) is 2. The standard InChI is InChI=1S/C13H16F2N2O/c14-11-4-1-5-12(15)10(11)7-13(18)17-9-3-2-6-16-8-9/h1,4-5,9,16H,2-3,6-8H2,(H,17,18)/t9-/m1/s1.